The molecule has 0 heterocycles. The SMILES string of the molecule is NC1CCCC(C(=O)Nc2ccccc2SC2CCCC2)C1. The maximum atomic E-state index is 12.5. The van der Waals surface area contributed by atoms with E-state index in [4.69, 9.17) is 5.73 Å². The fourth-order valence-corrected chi connectivity index (χ4v) is 4.89. The minimum atomic E-state index is 0.0771. The molecular weight excluding hydrogens is 292 g/mol. The third kappa shape index (κ3) is 4.05. The van der Waals surface area contributed by atoms with E-state index in [9.17, 15) is 4.79 Å². The van der Waals surface area contributed by atoms with E-state index in [1.54, 1.807) is 0 Å². The van der Waals surface area contributed by atoms with Crippen molar-refractivity contribution in [3.05, 3.63) is 24.3 Å². The smallest absolute Gasteiger partial charge is 0.227 e. The molecule has 0 aliphatic heterocycles. The van der Waals surface area contributed by atoms with Crippen molar-refractivity contribution < 1.29 is 4.79 Å². The number of carbonyl (C=O) groups excluding carboxylic acids is 1. The molecule has 2 atom stereocenters. The lowest BCUT2D eigenvalue weighted by molar-refractivity contribution is -0.120. The number of amides is 1. The summed E-state index contributed by atoms with van der Waals surface area (Å²) in [4.78, 5) is 13.7. The number of anilines is 1. The lowest BCUT2D eigenvalue weighted by atomic mass is 9.85. The van der Waals surface area contributed by atoms with Crippen LogP contribution in [0, 0.1) is 5.92 Å². The molecule has 2 aliphatic carbocycles. The van der Waals surface area contributed by atoms with E-state index in [1.807, 2.05) is 23.9 Å². The topological polar surface area (TPSA) is 55.1 Å². The van der Waals surface area contributed by atoms with E-state index in [2.05, 4.69) is 17.4 Å². The summed E-state index contributed by atoms with van der Waals surface area (Å²) in [5, 5.41) is 3.87. The van der Waals surface area contributed by atoms with Crippen LogP contribution < -0.4 is 11.1 Å². The Morgan fingerprint density at radius 2 is 1.86 bits per heavy atom. The molecule has 0 aromatic heterocycles. The molecule has 0 radical (unpaired) electrons. The van der Waals surface area contributed by atoms with Gasteiger partial charge in [-0.2, -0.15) is 0 Å². The predicted molar refractivity (Wildman–Crippen MR) is 93.1 cm³/mol. The number of hydrogen-bond acceptors (Lipinski definition) is 3. The third-order valence-corrected chi connectivity index (χ3v) is 6.24. The van der Waals surface area contributed by atoms with Gasteiger partial charge in [0.1, 0.15) is 0 Å². The maximum absolute atomic E-state index is 12.5. The van der Waals surface area contributed by atoms with Crippen molar-refractivity contribution in [2.75, 3.05) is 5.32 Å². The second-order valence-electron chi connectivity index (χ2n) is 6.63. The van der Waals surface area contributed by atoms with Crippen molar-refractivity contribution in [3.63, 3.8) is 0 Å². The molecule has 22 heavy (non-hydrogen) atoms. The second-order valence-corrected chi connectivity index (χ2v) is 7.98. The lowest BCUT2D eigenvalue weighted by Crippen LogP contribution is -2.34. The Hall–Kier alpha value is -1.00. The monoisotopic (exact) mass is 318 g/mol. The average molecular weight is 318 g/mol. The number of benzene rings is 1. The summed E-state index contributed by atoms with van der Waals surface area (Å²) in [5.41, 5.74) is 6.99. The summed E-state index contributed by atoms with van der Waals surface area (Å²) in [6, 6.07) is 8.40. The molecule has 1 aromatic rings. The minimum Gasteiger partial charge on any atom is -0.328 e. The molecule has 3 nitrogen and oxygen atoms in total. The lowest BCUT2D eigenvalue weighted by Gasteiger charge is -2.26. The molecular formula is C18H26N2OS. The third-order valence-electron chi connectivity index (χ3n) is 4.83. The van der Waals surface area contributed by atoms with Crippen molar-refractivity contribution in [2.45, 2.75) is 67.6 Å². The van der Waals surface area contributed by atoms with E-state index in [-0.39, 0.29) is 17.9 Å². The molecule has 2 aliphatic rings. The fourth-order valence-electron chi connectivity index (χ4n) is 3.56. The summed E-state index contributed by atoms with van der Waals surface area (Å²) < 4.78 is 0. The summed E-state index contributed by atoms with van der Waals surface area (Å²) in [6.45, 7) is 0. The van der Waals surface area contributed by atoms with Crippen molar-refractivity contribution in [1.29, 1.82) is 0 Å². The van der Waals surface area contributed by atoms with E-state index < -0.39 is 0 Å². The van der Waals surface area contributed by atoms with Gasteiger partial charge in [0.25, 0.3) is 0 Å². The number of carbonyl (C=O) groups is 1. The molecule has 2 unspecified atom stereocenters. The van der Waals surface area contributed by atoms with E-state index in [0.29, 0.717) is 5.25 Å². The molecule has 1 aromatic carbocycles. The first-order valence-corrected chi connectivity index (χ1v) is 9.42. The molecule has 4 heteroatoms. The van der Waals surface area contributed by atoms with Crippen LogP contribution in [0.25, 0.3) is 0 Å². The van der Waals surface area contributed by atoms with Gasteiger partial charge in [0.15, 0.2) is 0 Å². The minimum absolute atomic E-state index is 0.0771. The van der Waals surface area contributed by atoms with E-state index >= 15 is 0 Å². The summed E-state index contributed by atoms with van der Waals surface area (Å²) >= 11 is 1.93. The van der Waals surface area contributed by atoms with Crippen LogP contribution >= 0.6 is 11.8 Å². The Kier molecular flexibility index (Phi) is 5.42. The number of nitrogens with one attached hydrogen (secondary N) is 1. The zero-order valence-corrected chi connectivity index (χ0v) is 13.9. The predicted octanol–water partition coefficient (Wildman–Crippen LogP) is 4.18. The molecule has 0 bridgehead atoms. The van der Waals surface area contributed by atoms with Gasteiger partial charge >= 0.3 is 0 Å². The van der Waals surface area contributed by atoms with Gasteiger partial charge in [-0.1, -0.05) is 31.4 Å². The first-order valence-electron chi connectivity index (χ1n) is 8.54. The molecule has 2 fully saturated rings. The van der Waals surface area contributed by atoms with Crippen LogP contribution in [-0.2, 0) is 4.79 Å². The molecule has 3 N–H and O–H groups in total. The van der Waals surface area contributed by atoms with Gasteiger partial charge in [0.2, 0.25) is 5.91 Å². The standard InChI is InChI=1S/C18H26N2OS/c19-14-7-5-6-13(12-14)18(21)20-16-10-3-4-11-17(16)22-15-8-1-2-9-15/h3-4,10-11,13-15H,1-2,5-9,12,19H2,(H,20,21). The highest BCUT2D eigenvalue weighted by molar-refractivity contribution is 8.00. The molecule has 0 saturated heterocycles. The van der Waals surface area contributed by atoms with E-state index in [0.717, 1.165) is 31.4 Å². The largest absolute Gasteiger partial charge is 0.328 e. The van der Waals surface area contributed by atoms with E-state index in [1.165, 1.54) is 30.6 Å². The Bertz CT molecular complexity index is 514. The van der Waals surface area contributed by atoms with Crippen molar-refractivity contribution in [3.8, 4) is 0 Å². The molecule has 0 spiro atoms. The Morgan fingerprint density at radius 1 is 1.09 bits per heavy atom. The number of rotatable bonds is 4. The van der Waals surface area contributed by atoms with Crippen LogP contribution in [0.5, 0.6) is 0 Å². The van der Waals surface area contributed by atoms with Crippen molar-refractivity contribution in [1.82, 2.24) is 0 Å². The molecule has 1 amide bonds. The zero-order chi connectivity index (χ0) is 15.4. The highest BCUT2D eigenvalue weighted by Gasteiger charge is 2.26. The van der Waals surface area contributed by atoms with Gasteiger partial charge in [-0.25, -0.2) is 0 Å². The summed E-state index contributed by atoms with van der Waals surface area (Å²) in [5.74, 6) is 0.225. The fraction of sp³-hybridized carbons (Fsp3) is 0.611. The normalized spacial score (nSPS) is 26.0. The van der Waals surface area contributed by atoms with Gasteiger partial charge in [-0.3, -0.25) is 4.79 Å². The van der Waals surface area contributed by atoms with Crippen LogP contribution in [0.3, 0.4) is 0 Å². The first-order chi connectivity index (χ1) is 10.7. The molecule has 2 saturated carbocycles. The Labute approximate surface area is 137 Å². The molecule has 120 valence electrons. The van der Waals surface area contributed by atoms with Crippen molar-refractivity contribution >= 4 is 23.4 Å². The highest BCUT2D eigenvalue weighted by Crippen LogP contribution is 2.38. The number of hydrogen-bond donors (Lipinski definition) is 2. The van der Waals surface area contributed by atoms with Gasteiger partial charge < -0.3 is 11.1 Å². The van der Waals surface area contributed by atoms with Crippen LogP contribution in [-0.4, -0.2) is 17.2 Å². The zero-order valence-electron chi connectivity index (χ0n) is 13.1. The van der Waals surface area contributed by atoms with Crippen molar-refractivity contribution in [2.24, 2.45) is 11.7 Å². The number of para-hydroxylation sites is 1. The second kappa shape index (κ2) is 7.51. The quantitative estimate of drug-likeness (QED) is 0.875. The highest BCUT2D eigenvalue weighted by atomic mass is 32.2. The number of thioether (sulfide) groups is 1. The molecule has 3 rings (SSSR count). The van der Waals surface area contributed by atoms with Gasteiger partial charge in [-0.05, 0) is 44.2 Å². The Morgan fingerprint density at radius 3 is 2.64 bits per heavy atom. The van der Waals surface area contributed by atoms with Crippen LogP contribution in [0.4, 0.5) is 5.69 Å². The average Bonchev–Trinajstić information content (AvgIpc) is 3.02. The summed E-state index contributed by atoms with van der Waals surface area (Å²) in [6.07, 6.45) is 9.18. The van der Waals surface area contributed by atoms with Crippen LogP contribution in [0.1, 0.15) is 51.4 Å². The first kappa shape index (κ1) is 15.9. The van der Waals surface area contributed by atoms with Gasteiger partial charge in [0, 0.05) is 22.1 Å². The van der Waals surface area contributed by atoms with Crippen LogP contribution in [0.2, 0.25) is 0 Å². The summed E-state index contributed by atoms with van der Waals surface area (Å²) in [7, 11) is 0. The van der Waals surface area contributed by atoms with Gasteiger partial charge in [-0.15, -0.1) is 11.8 Å². The van der Waals surface area contributed by atoms with Gasteiger partial charge in [0.05, 0.1) is 5.69 Å². The van der Waals surface area contributed by atoms with Crippen LogP contribution in [0.15, 0.2) is 29.2 Å². The maximum Gasteiger partial charge on any atom is 0.227 e. The number of nitrogens with two attached hydrogens (primary N) is 1. The Balaban J connectivity index is 1.64.